The first kappa shape index (κ1) is 35.2. The number of pyridine rings is 1. The number of hydrogen-bond donors (Lipinski definition) is 2. The van der Waals surface area contributed by atoms with Crippen molar-refractivity contribution < 1.29 is 14.4 Å². The number of piperidine rings is 3. The number of aromatic nitrogens is 4. The Labute approximate surface area is 311 Å². The largest absolute Gasteiger partial charge is 0.372 e. The van der Waals surface area contributed by atoms with Gasteiger partial charge in [-0.1, -0.05) is 31.0 Å². The van der Waals surface area contributed by atoms with Crippen molar-refractivity contribution in [2.45, 2.75) is 82.1 Å². The SMILES string of the molecule is CN(C)C(=O)c1cc2cnc(Nc3ccc(C4CCN(CC5CCN(c6cccc(C7CCC(=O)NC7=O)c6)CC5)CC4)cn3)nc2n1C1CCCC1. The Bertz CT molecular complexity index is 1950. The number of imide groups is 1. The van der Waals surface area contributed by atoms with Crippen LogP contribution in [0.3, 0.4) is 0 Å². The third kappa shape index (κ3) is 7.65. The van der Waals surface area contributed by atoms with Gasteiger partial charge in [-0.05, 0) is 105 Å². The van der Waals surface area contributed by atoms with E-state index in [1.807, 2.05) is 30.5 Å². The van der Waals surface area contributed by atoms with Gasteiger partial charge < -0.3 is 24.6 Å². The Morgan fingerprint density at radius 3 is 2.40 bits per heavy atom. The van der Waals surface area contributed by atoms with Crippen LogP contribution in [-0.4, -0.2) is 93.9 Å². The fourth-order valence-corrected chi connectivity index (χ4v) is 8.97. The zero-order valence-electron chi connectivity index (χ0n) is 31.0. The highest BCUT2D eigenvalue weighted by Gasteiger charge is 2.30. The van der Waals surface area contributed by atoms with Gasteiger partial charge in [-0.15, -0.1) is 0 Å². The molecule has 4 aromatic rings. The molecule has 8 rings (SSSR count). The number of nitrogens with one attached hydrogen (secondary N) is 2. The number of anilines is 3. The molecule has 3 aliphatic heterocycles. The van der Waals surface area contributed by atoms with Gasteiger partial charge in [0.2, 0.25) is 17.8 Å². The molecule has 1 aromatic carbocycles. The van der Waals surface area contributed by atoms with Crippen LogP contribution in [0.15, 0.2) is 54.9 Å². The number of amides is 3. The smallest absolute Gasteiger partial charge is 0.270 e. The fourth-order valence-electron chi connectivity index (χ4n) is 8.97. The van der Waals surface area contributed by atoms with Gasteiger partial charge in [0.25, 0.3) is 5.91 Å². The molecule has 1 atom stereocenters. The Balaban J connectivity index is 0.826. The van der Waals surface area contributed by atoms with Gasteiger partial charge >= 0.3 is 0 Å². The summed E-state index contributed by atoms with van der Waals surface area (Å²) in [4.78, 5) is 58.1. The predicted octanol–water partition coefficient (Wildman–Crippen LogP) is 6.00. The van der Waals surface area contributed by atoms with E-state index in [4.69, 9.17) is 9.97 Å². The molecular weight excluding hydrogens is 667 g/mol. The Kier molecular flexibility index (Phi) is 10.1. The minimum absolute atomic E-state index is 0.0127. The standard InChI is InChI=1S/C41H51N9O3/c1-47(2)40(53)35-23-31-25-43-41(46-38(31)50(35)32-7-3-4-8-32)44-36-12-10-30(24-42-36)28-16-18-48(19-17-28)26-27-14-20-49(21-15-27)33-9-5-6-29(22-33)34-11-13-37(51)45-39(34)52/h5-6,9-10,12,22-25,27-28,32,34H,3-4,7-8,11,13-21,26H2,1-2H3,(H,45,51,52)(H,42,43,44,46). The average molecular weight is 718 g/mol. The van der Waals surface area contributed by atoms with Gasteiger partial charge in [-0.3, -0.25) is 19.7 Å². The summed E-state index contributed by atoms with van der Waals surface area (Å²) >= 11 is 0. The molecule has 12 nitrogen and oxygen atoms in total. The van der Waals surface area contributed by atoms with Crippen LogP contribution in [0, 0.1) is 5.92 Å². The minimum Gasteiger partial charge on any atom is -0.372 e. The normalized spacial score (nSPS) is 20.9. The molecular formula is C41H51N9O3. The molecule has 2 N–H and O–H groups in total. The van der Waals surface area contributed by atoms with Crippen LogP contribution in [0.5, 0.6) is 0 Å². The number of hydrogen-bond acceptors (Lipinski definition) is 9. The topological polar surface area (TPSA) is 129 Å². The third-order valence-corrected chi connectivity index (χ3v) is 12.0. The number of carbonyl (C=O) groups is 3. The highest BCUT2D eigenvalue weighted by molar-refractivity contribution is 6.01. The zero-order valence-corrected chi connectivity index (χ0v) is 31.0. The van der Waals surface area contributed by atoms with Gasteiger partial charge in [0.15, 0.2) is 0 Å². The molecule has 1 unspecified atom stereocenters. The van der Waals surface area contributed by atoms with Crippen molar-refractivity contribution in [3.63, 3.8) is 0 Å². The van der Waals surface area contributed by atoms with E-state index in [0.717, 1.165) is 75.0 Å². The Morgan fingerprint density at radius 2 is 1.68 bits per heavy atom. The van der Waals surface area contributed by atoms with Crippen LogP contribution >= 0.6 is 0 Å². The summed E-state index contributed by atoms with van der Waals surface area (Å²) in [6.07, 6.45) is 13.8. The van der Waals surface area contributed by atoms with Crippen molar-refractivity contribution in [3.8, 4) is 0 Å². The summed E-state index contributed by atoms with van der Waals surface area (Å²) in [7, 11) is 3.58. The van der Waals surface area contributed by atoms with Crippen molar-refractivity contribution >= 4 is 46.2 Å². The molecule has 3 saturated heterocycles. The van der Waals surface area contributed by atoms with E-state index >= 15 is 0 Å². The minimum atomic E-state index is -0.245. The molecule has 4 aliphatic rings. The van der Waals surface area contributed by atoms with Crippen molar-refractivity contribution in [2.75, 3.05) is 57.0 Å². The van der Waals surface area contributed by atoms with Gasteiger partial charge in [0.1, 0.15) is 17.2 Å². The number of fused-ring (bicyclic) bond motifs is 1. The van der Waals surface area contributed by atoms with Crippen molar-refractivity contribution in [1.29, 1.82) is 0 Å². The molecule has 1 aliphatic carbocycles. The summed E-state index contributed by atoms with van der Waals surface area (Å²) < 4.78 is 2.14. The second-order valence-electron chi connectivity index (χ2n) is 15.7. The predicted molar refractivity (Wildman–Crippen MR) is 205 cm³/mol. The molecule has 53 heavy (non-hydrogen) atoms. The van der Waals surface area contributed by atoms with E-state index in [-0.39, 0.29) is 29.7 Å². The first-order valence-corrected chi connectivity index (χ1v) is 19.5. The highest BCUT2D eigenvalue weighted by atomic mass is 16.2. The van der Waals surface area contributed by atoms with Crippen molar-refractivity contribution in [3.05, 3.63) is 71.7 Å². The van der Waals surface area contributed by atoms with Gasteiger partial charge in [0, 0.05) is 69.7 Å². The maximum Gasteiger partial charge on any atom is 0.270 e. The second kappa shape index (κ2) is 15.3. The second-order valence-corrected chi connectivity index (χ2v) is 15.7. The average Bonchev–Trinajstić information content (AvgIpc) is 3.84. The molecule has 0 spiro atoms. The molecule has 6 heterocycles. The van der Waals surface area contributed by atoms with Gasteiger partial charge in [0.05, 0.1) is 5.92 Å². The molecule has 4 fully saturated rings. The molecule has 12 heteroatoms. The van der Waals surface area contributed by atoms with Crippen LogP contribution in [-0.2, 0) is 9.59 Å². The maximum atomic E-state index is 13.1. The summed E-state index contributed by atoms with van der Waals surface area (Å²) in [6.45, 7) is 5.40. The van der Waals surface area contributed by atoms with E-state index in [1.165, 1.54) is 36.9 Å². The lowest BCUT2D eigenvalue weighted by Gasteiger charge is -2.38. The monoisotopic (exact) mass is 717 g/mol. The lowest BCUT2D eigenvalue weighted by atomic mass is 9.88. The van der Waals surface area contributed by atoms with E-state index in [0.29, 0.717) is 42.1 Å². The number of nitrogens with zero attached hydrogens (tertiary/aromatic N) is 7. The molecule has 278 valence electrons. The number of rotatable bonds is 9. The fraction of sp³-hybridized carbons (Fsp3) is 0.512. The zero-order chi connectivity index (χ0) is 36.5. The summed E-state index contributed by atoms with van der Waals surface area (Å²) in [5.74, 6) is 1.78. The molecule has 0 bridgehead atoms. The lowest BCUT2D eigenvalue weighted by molar-refractivity contribution is -0.134. The van der Waals surface area contributed by atoms with E-state index < -0.39 is 0 Å². The Morgan fingerprint density at radius 1 is 0.887 bits per heavy atom. The van der Waals surface area contributed by atoms with Gasteiger partial charge in [-0.25, -0.2) is 9.97 Å². The van der Waals surface area contributed by atoms with Crippen LogP contribution in [0.25, 0.3) is 11.0 Å². The maximum absolute atomic E-state index is 13.1. The van der Waals surface area contributed by atoms with Crippen molar-refractivity contribution in [1.82, 2.24) is 34.6 Å². The number of likely N-dealkylation sites (tertiary alicyclic amines) is 1. The number of carbonyl (C=O) groups excluding carboxylic acids is 3. The van der Waals surface area contributed by atoms with Crippen molar-refractivity contribution in [2.24, 2.45) is 5.92 Å². The Hall–Kier alpha value is -4.84. The quantitative estimate of drug-likeness (QED) is 0.200. The summed E-state index contributed by atoms with van der Waals surface area (Å²) in [6, 6.07) is 14.8. The molecule has 0 radical (unpaired) electrons. The van der Waals surface area contributed by atoms with E-state index in [9.17, 15) is 14.4 Å². The summed E-state index contributed by atoms with van der Waals surface area (Å²) in [5.41, 5.74) is 4.93. The molecule has 1 saturated carbocycles. The third-order valence-electron chi connectivity index (χ3n) is 12.0. The van der Waals surface area contributed by atoms with E-state index in [2.05, 4.69) is 48.2 Å². The van der Waals surface area contributed by atoms with Crippen LogP contribution in [0.4, 0.5) is 17.5 Å². The highest BCUT2D eigenvalue weighted by Crippen LogP contribution is 2.36. The van der Waals surface area contributed by atoms with Crippen LogP contribution in [0.2, 0.25) is 0 Å². The van der Waals surface area contributed by atoms with Crippen LogP contribution in [0.1, 0.15) is 104 Å². The van der Waals surface area contributed by atoms with E-state index in [1.54, 1.807) is 25.2 Å². The first-order valence-electron chi connectivity index (χ1n) is 19.5. The lowest BCUT2D eigenvalue weighted by Crippen LogP contribution is -2.41. The van der Waals surface area contributed by atoms with Gasteiger partial charge in [-0.2, -0.15) is 4.98 Å². The first-order chi connectivity index (χ1) is 25.8. The summed E-state index contributed by atoms with van der Waals surface area (Å²) in [5, 5.41) is 6.68. The number of benzene rings is 1. The molecule has 3 aromatic heterocycles. The van der Waals surface area contributed by atoms with Crippen LogP contribution < -0.4 is 15.5 Å². The molecule has 3 amide bonds.